The van der Waals surface area contributed by atoms with Gasteiger partial charge in [-0.25, -0.2) is 17.8 Å². The van der Waals surface area contributed by atoms with E-state index in [-0.39, 0.29) is 30.1 Å². The van der Waals surface area contributed by atoms with E-state index in [1.807, 2.05) is 6.92 Å². The normalized spacial score (nSPS) is 20.8. The summed E-state index contributed by atoms with van der Waals surface area (Å²) in [5.41, 5.74) is 0. The molecule has 1 atom stereocenters. The summed E-state index contributed by atoms with van der Waals surface area (Å²) in [5, 5.41) is 8.79. The summed E-state index contributed by atoms with van der Waals surface area (Å²) in [4.78, 5) is 15.9. The largest absolute Gasteiger partial charge is 0.295 e. The Morgan fingerprint density at radius 3 is 3.05 bits per heavy atom. The smallest absolute Gasteiger partial charge is 0.231 e. The van der Waals surface area contributed by atoms with E-state index in [9.17, 15) is 13.2 Å². The number of hydrogen-bond acceptors (Lipinski definition) is 5. The lowest BCUT2D eigenvalue weighted by molar-refractivity contribution is -0.120. The minimum atomic E-state index is -3.24. The summed E-state index contributed by atoms with van der Waals surface area (Å²) in [6.45, 7) is 2.56. The third kappa shape index (κ3) is 3.54. The van der Waals surface area contributed by atoms with E-state index in [0.29, 0.717) is 25.8 Å². The summed E-state index contributed by atoms with van der Waals surface area (Å²) in [6.07, 6.45) is 3.25. The zero-order valence-electron chi connectivity index (χ0n) is 11.4. The summed E-state index contributed by atoms with van der Waals surface area (Å²) in [5.74, 6) is -0.161. The first-order chi connectivity index (χ1) is 9.53. The maximum Gasteiger partial charge on any atom is 0.231 e. The van der Waals surface area contributed by atoms with Crippen LogP contribution in [0.25, 0.3) is 0 Å². The Labute approximate surface area is 118 Å². The number of carbonyl (C=O) groups excluding carboxylic acids is 1. The highest BCUT2D eigenvalue weighted by atomic mass is 32.2. The van der Waals surface area contributed by atoms with Gasteiger partial charge >= 0.3 is 0 Å². The maximum atomic E-state index is 12.1. The third-order valence-corrected chi connectivity index (χ3v) is 5.31. The van der Waals surface area contributed by atoms with Crippen LogP contribution in [-0.2, 0) is 14.8 Å². The van der Waals surface area contributed by atoms with Crippen molar-refractivity contribution in [1.82, 2.24) is 19.5 Å². The van der Waals surface area contributed by atoms with E-state index < -0.39 is 10.0 Å². The van der Waals surface area contributed by atoms with Gasteiger partial charge in [-0.15, -0.1) is 0 Å². The van der Waals surface area contributed by atoms with Gasteiger partial charge in [0.15, 0.2) is 0 Å². The second-order valence-electron chi connectivity index (χ2n) is 4.84. The molecule has 112 valence electrons. The first kappa shape index (κ1) is 14.9. The van der Waals surface area contributed by atoms with E-state index in [4.69, 9.17) is 0 Å². The van der Waals surface area contributed by atoms with Crippen molar-refractivity contribution in [3.05, 3.63) is 6.33 Å². The Hall–Kier alpha value is -1.48. The number of nitrogens with one attached hydrogen (secondary N) is 2. The predicted octanol–water partition coefficient (Wildman–Crippen LogP) is 0.195. The summed E-state index contributed by atoms with van der Waals surface area (Å²) in [7, 11) is -3.24. The number of amides is 1. The van der Waals surface area contributed by atoms with Gasteiger partial charge in [-0.05, 0) is 19.3 Å². The Bertz CT molecular complexity index is 542. The lowest BCUT2D eigenvalue weighted by atomic mass is 9.99. The number of sulfonamides is 1. The summed E-state index contributed by atoms with van der Waals surface area (Å²) < 4.78 is 25.5. The fraction of sp³-hybridized carbons (Fsp3) is 0.727. The zero-order valence-corrected chi connectivity index (χ0v) is 12.2. The topological polar surface area (TPSA) is 108 Å². The molecule has 0 aromatic carbocycles. The lowest BCUT2D eigenvalue weighted by Crippen LogP contribution is -2.44. The van der Waals surface area contributed by atoms with E-state index in [2.05, 4.69) is 20.5 Å². The van der Waals surface area contributed by atoms with Crippen LogP contribution in [-0.4, -0.2) is 52.7 Å². The summed E-state index contributed by atoms with van der Waals surface area (Å²) >= 11 is 0. The molecule has 2 heterocycles. The first-order valence-electron chi connectivity index (χ1n) is 6.67. The van der Waals surface area contributed by atoms with Crippen LogP contribution in [0, 0.1) is 5.92 Å². The highest BCUT2D eigenvalue weighted by Gasteiger charge is 2.32. The highest BCUT2D eigenvalue weighted by molar-refractivity contribution is 7.89. The van der Waals surface area contributed by atoms with E-state index in [1.165, 1.54) is 10.6 Å². The molecule has 0 radical (unpaired) electrons. The Morgan fingerprint density at radius 1 is 1.60 bits per heavy atom. The number of rotatable bonds is 5. The molecule has 0 spiro atoms. The van der Waals surface area contributed by atoms with E-state index in [1.54, 1.807) is 0 Å². The molecule has 20 heavy (non-hydrogen) atoms. The molecular formula is C11H19N5O3S. The number of piperidine rings is 1. The quantitative estimate of drug-likeness (QED) is 0.807. The van der Waals surface area contributed by atoms with Crippen molar-refractivity contribution in [3.8, 4) is 0 Å². The molecule has 1 aliphatic rings. The molecule has 1 amide bonds. The second-order valence-corrected chi connectivity index (χ2v) is 6.92. The standard InChI is InChI=1S/C11H19N5O3S/c1-2-6-20(18,19)16-5-3-4-9(7-16)10(17)14-11-12-8-13-15-11/h8-9H,2-7H2,1H3,(H2,12,13,14,15,17)/t9-/m0/s1. The van der Waals surface area contributed by atoms with Crippen LogP contribution in [0.1, 0.15) is 26.2 Å². The van der Waals surface area contributed by atoms with Gasteiger partial charge in [0.25, 0.3) is 0 Å². The van der Waals surface area contributed by atoms with Crippen LogP contribution in [0.3, 0.4) is 0 Å². The third-order valence-electron chi connectivity index (χ3n) is 3.27. The van der Waals surface area contributed by atoms with Crippen molar-refractivity contribution in [1.29, 1.82) is 0 Å². The molecule has 0 bridgehead atoms. The van der Waals surface area contributed by atoms with E-state index >= 15 is 0 Å². The van der Waals surface area contributed by atoms with Crippen LogP contribution in [0.15, 0.2) is 6.33 Å². The van der Waals surface area contributed by atoms with Crippen molar-refractivity contribution >= 4 is 21.9 Å². The van der Waals surface area contributed by atoms with Crippen molar-refractivity contribution in [2.45, 2.75) is 26.2 Å². The highest BCUT2D eigenvalue weighted by Crippen LogP contribution is 2.20. The molecule has 0 aliphatic carbocycles. The Morgan fingerprint density at radius 2 is 2.40 bits per heavy atom. The van der Waals surface area contributed by atoms with E-state index in [0.717, 1.165) is 0 Å². The van der Waals surface area contributed by atoms with Gasteiger partial charge in [0.05, 0.1) is 11.7 Å². The molecule has 1 fully saturated rings. The van der Waals surface area contributed by atoms with Crippen LogP contribution < -0.4 is 5.32 Å². The molecule has 8 nitrogen and oxygen atoms in total. The number of hydrogen-bond donors (Lipinski definition) is 2. The number of nitrogens with zero attached hydrogens (tertiary/aromatic N) is 3. The molecule has 2 N–H and O–H groups in total. The molecule has 1 saturated heterocycles. The van der Waals surface area contributed by atoms with Crippen LogP contribution in [0.5, 0.6) is 0 Å². The molecular weight excluding hydrogens is 282 g/mol. The van der Waals surface area contributed by atoms with Gasteiger partial charge in [0.1, 0.15) is 6.33 Å². The van der Waals surface area contributed by atoms with Gasteiger partial charge in [0, 0.05) is 13.1 Å². The van der Waals surface area contributed by atoms with Crippen molar-refractivity contribution in [3.63, 3.8) is 0 Å². The summed E-state index contributed by atoms with van der Waals surface area (Å²) in [6, 6.07) is 0. The average Bonchev–Trinajstić information content (AvgIpc) is 2.92. The number of carbonyl (C=O) groups is 1. The minimum Gasteiger partial charge on any atom is -0.295 e. The molecule has 2 rings (SSSR count). The maximum absolute atomic E-state index is 12.1. The Balaban J connectivity index is 1.98. The fourth-order valence-corrected chi connectivity index (χ4v) is 3.87. The fourth-order valence-electron chi connectivity index (χ4n) is 2.28. The van der Waals surface area contributed by atoms with Crippen LogP contribution in [0.4, 0.5) is 5.95 Å². The lowest BCUT2D eigenvalue weighted by Gasteiger charge is -2.30. The van der Waals surface area contributed by atoms with Crippen molar-refractivity contribution < 1.29 is 13.2 Å². The number of anilines is 1. The first-order valence-corrected chi connectivity index (χ1v) is 8.28. The number of aromatic amines is 1. The van der Waals surface area contributed by atoms with Gasteiger partial charge in [-0.3, -0.25) is 10.1 Å². The van der Waals surface area contributed by atoms with Crippen molar-refractivity contribution in [2.75, 3.05) is 24.2 Å². The molecule has 0 saturated carbocycles. The molecule has 9 heteroatoms. The SMILES string of the molecule is CCCS(=O)(=O)N1CCC[C@H](C(=O)Nc2ncn[nH]2)C1. The van der Waals surface area contributed by atoms with Gasteiger partial charge in [-0.1, -0.05) is 6.92 Å². The molecule has 0 unspecified atom stereocenters. The zero-order chi connectivity index (χ0) is 14.6. The molecule has 1 aromatic rings. The molecule has 1 aliphatic heterocycles. The van der Waals surface area contributed by atoms with Gasteiger partial charge < -0.3 is 0 Å². The van der Waals surface area contributed by atoms with Crippen LogP contribution in [0.2, 0.25) is 0 Å². The average molecular weight is 301 g/mol. The number of H-pyrrole nitrogens is 1. The minimum absolute atomic E-state index is 0.128. The monoisotopic (exact) mass is 301 g/mol. The Kier molecular flexibility index (Phi) is 4.71. The van der Waals surface area contributed by atoms with Crippen LogP contribution >= 0.6 is 0 Å². The van der Waals surface area contributed by atoms with Crippen molar-refractivity contribution in [2.24, 2.45) is 5.92 Å². The second kappa shape index (κ2) is 6.31. The predicted molar refractivity (Wildman–Crippen MR) is 73.4 cm³/mol. The molecule has 1 aromatic heterocycles. The van der Waals surface area contributed by atoms with Gasteiger partial charge in [-0.2, -0.15) is 10.1 Å². The number of aromatic nitrogens is 3. The van der Waals surface area contributed by atoms with Gasteiger partial charge in [0.2, 0.25) is 21.9 Å².